The zero-order chi connectivity index (χ0) is 12.8. The summed E-state index contributed by atoms with van der Waals surface area (Å²) in [6.07, 6.45) is 6.84. The van der Waals surface area contributed by atoms with Gasteiger partial charge in [0.05, 0.1) is 0 Å². The lowest BCUT2D eigenvalue weighted by atomic mass is 9.73. The minimum Gasteiger partial charge on any atom is -0.316 e. The van der Waals surface area contributed by atoms with Crippen molar-refractivity contribution in [2.75, 3.05) is 13.1 Å². The van der Waals surface area contributed by atoms with Crippen LogP contribution < -0.4 is 5.32 Å². The SMILES string of the molecule is CCCNCC(Cc1ccccc1C)C1CCC1. The normalized spacial score (nSPS) is 17.4. The molecule has 0 heterocycles. The van der Waals surface area contributed by atoms with Gasteiger partial charge in [0.1, 0.15) is 0 Å². The Labute approximate surface area is 112 Å². The molecule has 1 aromatic rings. The molecule has 2 rings (SSSR count). The Morgan fingerprint density at radius 1 is 1.28 bits per heavy atom. The molecular weight excluding hydrogens is 218 g/mol. The minimum absolute atomic E-state index is 0.839. The monoisotopic (exact) mass is 245 g/mol. The quantitative estimate of drug-likeness (QED) is 0.717. The highest BCUT2D eigenvalue weighted by atomic mass is 14.9. The van der Waals surface area contributed by atoms with Crippen molar-refractivity contribution in [3.05, 3.63) is 35.4 Å². The van der Waals surface area contributed by atoms with E-state index < -0.39 is 0 Å². The standard InChI is InChI=1S/C17H27N/c1-3-11-18-13-17(15-9-6-10-15)12-16-8-5-4-7-14(16)2/h4-5,7-8,15,17-18H,3,6,9-13H2,1-2H3. The lowest BCUT2D eigenvalue weighted by Crippen LogP contribution is -2.33. The van der Waals surface area contributed by atoms with Crippen LogP contribution >= 0.6 is 0 Å². The van der Waals surface area contributed by atoms with Gasteiger partial charge in [-0.05, 0) is 55.8 Å². The van der Waals surface area contributed by atoms with E-state index in [1.54, 1.807) is 5.56 Å². The summed E-state index contributed by atoms with van der Waals surface area (Å²) < 4.78 is 0. The molecule has 0 spiro atoms. The second-order valence-corrected chi connectivity index (χ2v) is 5.79. The fourth-order valence-electron chi connectivity index (χ4n) is 2.90. The lowest BCUT2D eigenvalue weighted by Gasteiger charge is -2.34. The highest BCUT2D eigenvalue weighted by molar-refractivity contribution is 5.26. The smallest absolute Gasteiger partial charge is 0.00147 e. The molecule has 0 bridgehead atoms. The first-order chi connectivity index (χ1) is 8.81. The first kappa shape index (κ1) is 13.6. The Balaban J connectivity index is 1.93. The van der Waals surface area contributed by atoms with Crippen LogP contribution in [0.3, 0.4) is 0 Å². The molecular formula is C17H27N. The van der Waals surface area contributed by atoms with E-state index in [0.29, 0.717) is 0 Å². The Hall–Kier alpha value is -0.820. The zero-order valence-corrected chi connectivity index (χ0v) is 11.9. The molecule has 0 amide bonds. The van der Waals surface area contributed by atoms with Crippen LogP contribution in [0.1, 0.15) is 43.7 Å². The van der Waals surface area contributed by atoms with E-state index in [1.165, 1.54) is 44.2 Å². The van der Waals surface area contributed by atoms with E-state index in [-0.39, 0.29) is 0 Å². The van der Waals surface area contributed by atoms with Crippen LogP contribution in [0.2, 0.25) is 0 Å². The van der Waals surface area contributed by atoms with Gasteiger partial charge in [-0.1, -0.05) is 50.5 Å². The topological polar surface area (TPSA) is 12.0 Å². The van der Waals surface area contributed by atoms with Crippen LogP contribution in [0.5, 0.6) is 0 Å². The second-order valence-electron chi connectivity index (χ2n) is 5.79. The van der Waals surface area contributed by atoms with Crippen LogP contribution in [-0.4, -0.2) is 13.1 Å². The molecule has 0 aromatic heterocycles. The van der Waals surface area contributed by atoms with Gasteiger partial charge in [-0.25, -0.2) is 0 Å². The molecule has 1 fully saturated rings. The number of hydrogen-bond acceptors (Lipinski definition) is 1. The van der Waals surface area contributed by atoms with Crippen LogP contribution in [0, 0.1) is 18.8 Å². The maximum atomic E-state index is 3.62. The molecule has 1 aromatic carbocycles. The first-order valence-corrected chi connectivity index (χ1v) is 7.56. The third kappa shape index (κ3) is 3.58. The van der Waals surface area contributed by atoms with Crippen molar-refractivity contribution in [1.29, 1.82) is 0 Å². The number of aryl methyl sites for hydroxylation is 1. The molecule has 1 aliphatic rings. The number of benzene rings is 1. The Kier molecular flexibility index (Phi) is 5.25. The summed E-state index contributed by atoms with van der Waals surface area (Å²) in [5.74, 6) is 1.81. The molecule has 1 saturated carbocycles. The molecule has 1 N–H and O–H groups in total. The summed E-state index contributed by atoms with van der Waals surface area (Å²) in [6.45, 7) is 6.85. The Bertz CT molecular complexity index is 354. The third-order valence-corrected chi connectivity index (χ3v) is 4.39. The molecule has 1 nitrogen and oxygen atoms in total. The van der Waals surface area contributed by atoms with E-state index in [9.17, 15) is 0 Å². The van der Waals surface area contributed by atoms with Gasteiger partial charge in [0.2, 0.25) is 0 Å². The van der Waals surface area contributed by atoms with Crippen molar-refractivity contribution in [1.82, 2.24) is 5.32 Å². The first-order valence-electron chi connectivity index (χ1n) is 7.56. The molecule has 0 radical (unpaired) electrons. The maximum Gasteiger partial charge on any atom is -0.00147 e. The van der Waals surface area contributed by atoms with E-state index in [1.807, 2.05) is 0 Å². The van der Waals surface area contributed by atoms with E-state index in [2.05, 4.69) is 43.4 Å². The molecule has 1 unspecified atom stereocenters. The molecule has 1 atom stereocenters. The van der Waals surface area contributed by atoms with E-state index >= 15 is 0 Å². The highest BCUT2D eigenvalue weighted by Gasteiger charge is 2.27. The van der Waals surface area contributed by atoms with Gasteiger partial charge in [0.15, 0.2) is 0 Å². The molecule has 0 aliphatic heterocycles. The largest absolute Gasteiger partial charge is 0.316 e. The van der Waals surface area contributed by atoms with Crippen molar-refractivity contribution in [2.24, 2.45) is 11.8 Å². The molecule has 1 aliphatic carbocycles. The summed E-state index contributed by atoms with van der Waals surface area (Å²) in [7, 11) is 0. The van der Waals surface area contributed by atoms with Crippen LogP contribution in [-0.2, 0) is 6.42 Å². The van der Waals surface area contributed by atoms with Gasteiger partial charge >= 0.3 is 0 Å². The summed E-state index contributed by atoms with van der Waals surface area (Å²) in [5, 5.41) is 3.62. The van der Waals surface area contributed by atoms with Gasteiger partial charge in [0.25, 0.3) is 0 Å². The predicted octanol–water partition coefficient (Wildman–Crippen LogP) is 3.95. The number of hydrogen-bond donors (Lipinski definition) is 1. The summed E-state index contributed by atoms with van der Waals surface area (Å²) in [6, 6.07) is 8.87. The minimum atomic E-state index is 0.839. The molecule has 18 heavy (non-hydrogen) atoms. The van der Waals surface area contributed by atoms with Crippen LogP contribution in [0.25, 0.3) is 0 Å². The molecule has 0 saturated heterocycles. The number of rotatable bonds is 7. The Morgan fingerprint density at radius 3 is 2.67 bits per heavy atom. The predicted molar refractivity (Wildman–Crippen MR) is 78.9 cm³/mol. The van der Waals surface area contributed by atoms with Crippen molar-refractivity contribution in [3.63, 3.8) is 0 Å². The maximum absolute atomic E-state index is 3.62. The van der Waals surface area contributed by atoms with Gasteiger partial charge in [-0.15, -0.1) is 0 Å². The second kappa shape index (κ2) is 6.94. The lowest BCUT2D eigenvalue weighted by molar-refractivity contribution is 0.199. The van der Waals surface area contributed by atoms with Gasteiger partial charge in [-0.2, -0.15) is 0 Å². The molecule has 100 valence electrons. The van der Waals surface area contributed by atoms with E-state index in [4.69, 9.17) is 0 Å². The van der Waals surface area contributed by atoms with Crippen molar-refractivity contribution < 1.29 is 0 Å². The fourth-order valence-corrected chi connectivity index (χ4v) is 2.90. The third-order valence-electron chi connectivity index (χ3n) is 4.39. The molecule has 1 heteroatoms. The summed E-state index contributed by atoms with van der Waals surface area (Å²) >= 11 is 0. The van der Waals surface area contributed by atoms with Crippen molar-refractivity contribution >= 4 is 0 Å². The van der Waals surface area contributed by atoms with Gasteiger partial charge < -0.3 is 5.32 Å². The van der Waals surface area contributed by atoms with Gasteiger partial charge in [0, 0.05) is 0 Å². The van der Waals surface area contributed by atoms with Crippen LogP contribution in [0.4, 0.5) is 0 Å². The van der Waals surface area contributed by atoms with Gasteiger partial charge in [-0.3, -0.25) is 0 Å². The Morgan fingerprint density at radius 2 is 2.06 bits per heavy atom. The summed E-state index contributed by atoms with van der Waals surface area (Å²) in [4.78, 5) is 0. The van der Waals surface area contributed by atoms with Crippen molar-refractivity contribution in [2.45, 2.75) is 46.0 Å². The zero-order valence-electron chi connectivity index (χ0n) is 11.9. The highest BCUT2D eigenvalue weighted by Crippen LogP contribution is 2.35. The van der Waals surface area contributed by atoms with E-state index in [0.717, 1.165) is 18.4 Å². The van der Waals surface area contributed by atoms with Crippen LogP contribution in [0.15, 0.2) is 24.3 Å². The summed E-state index contributed by atoms with van der Waals surface area (Å²) in [5.41, 5.74) is 3.00. The number of nitrogens with one attached hydrogen (secondary N) is 1. The van der Waals surface area contributed by atoms with Crippen molar-refractivity contribution in [3.8, 4) is 0 Å². The average molecular weight is 245 g/mol. The fraction of sp³-hybridized carbons (Fsp3) is 0.647. The average Bonchev–Trinajstić information content (AvgIpc) is 2.30.